The molecule has 0 aromatic heterocycles. The van der Waals surface area contributed by atoms with Crippen molar-refractivity contribution in [1.29, 1.82) is 0 Å². The van der Waals surface area contributed by atoms with E-state index in [0.717, 1.165) is 16.1 Å². The van der Waals surface area contributed by atoms with Crippen LogP contribution in [-0.2, 0) is 4.79 Å². The third-order valence-corrected chi connectivity index (χ3v) is 4.70. The number of carbonyl (C=O) groups excluding carboxylic acids is 1. The Labute approximate surface area is 148 Å². The van der Waals surface area contributed by atoms with Gasteiger partial charge in [-0.2, -0.15) is 0 Å². The molecule has 7 heteroatoms. The average Bonchev–Trinajstić information content (AvgIpc) is 2.66. The van der Waals surface area contributed by atoms with Crippen LogP contribution in [0.2, 0.25) is 0 Å². The van der Waals surface area contributed by atoms with E-state index in [2.05, 4.69) is 10.4 Å². The predicted octanol–water partition coefficient (Wildman–Crippen LogP) is 1.20. The Kier molecular flexibility index (Phi) is 3.93. The second kappa shape index (κ2) is 6.25. The summed E-state index contributed by atoms with van der Waals surface area (Å²) in [7, 11) is 1.62. The van der Waals surface area contributed by atoms with E-state index in [-0.39, 0.29) is 5.91 Å². The predicted molar refractivity (Wildman–Crippen MR) is 97.3 cm³/mol. The van der Waals surface area contributed by atoms with E-state index in [9.17, 15) is 4.79 Å². The number of methoxy groups -OCH3 is 1. The van der Waals surface area contributed by atoms with E-state index in [4.69, 9.17) is 9.73 Å². The number of nitrogens with zero attached hydrogens (tertiary/aromatic N) is 3. The highest BCUT2D eigenvalue weighted by atomic mass is 32.2. The maximum Gasteiger partial charge on any atom is 0.276 e. The Balaban J connectivity index is 2.01. The van der Waals surface area contributed by atoms with Crippen molar-refractivity contribution in [3.05, 3.63) is 64.7 Å². The van der Waals surface area contributed by atoms with E-state index >= 15 is 0 Å². The van der Waals surface area contributed by atoms with E-state index in [0.29, 0.717) is 16.6 Å². The molecule has 126 valence electrons. The fourth-order valence-corrected chi connectivity index (χ4v) is 3.37. The van der Waals surface area contributed by atoms with Crippen LogP contribution in [-0.4, -0.2) is 29.4 Å². The van der Waals surface area contributed by atoms with Crippen LogP contribution < -0.4 is 20.6 Å². The molecule has 0 saturated carbocycles. The molecule has 2 aromatic carbocycles. The molecule has 2 aromatic rings. The Morgan fingerprint density at radius 2 is 1.92 bits per heavy atom. The number of thioether (sulfide) groups is 1. The summed E-state index contributed by atoms with van der Waals surface area (Å²) in [6.45, 7) is 0. The topological polar surface area (TPSA) is 66.3 Å². The minimum absolute atomic E-state index is 0.179. The largest absolute Gasteiger partial charge is 0.496 e. The number of para-hydroxylation sites is 2. The van der Waals surface area contributed by atoms with Crippen LogP contribution in [0.3, 0.4) is 0 Å². The number of benzene rings is 2. The van der Waals surface area contributed by atoms with Crippen LogP contribution in [0.15, 0.2) is 58.6 Å². The van der Waals surface area contributed by atoms with Gasteiger partial charge >= 0.3 is 0 Å². The molecule has 4 rings (SSSR count). The second-order valence-corrected chi connectivity index (χ2v) is 6.31. The van der Waals surface area contributed by atoms with E-state index in [1.807, 2.05) is 54.8 Å². The first kappa shape index (κ1) is 15.7. The van der Waals surface area contributed by atoms with Crippen molar-refractivity contribution < 1.29 is 9.53 Å². The van der Waals surface area contributed by atoms with Crippen molar-refractivity contribution in [2.45, 2.75) is 6.17 Å². The summed E-state index contributed by atoms with van der Waals surface area (Å²) in [5.74, 6) is 0.531. The number of nitrogens with one attached hydrogen (secondary N) is 1. The fraction of sp³-hybridized carbons (Fsp3) is 0.167. The lowest BCUT2D eigenvalue weighted by Crippen LogP contribution is -2.50. The van der Waals surface area contributed by atoms with Gasteiger partial charge in [0.15, 0.2) is 11.3 Å². The SMILES string of the molecule is COc1ccccc1[C@H]1N=c2ccccc2=C2C(=O)NC(SC)=NN21. The zero-order valence-electron chi connectivity index (χ0n) is 13.8. The first-order valence-corrected chi connectivity index (χ1v) is 8.98. The van der Waals surface area contributed by atoms with Crippen LogP contribution in [0, 0.1) is 0 Å². The van der Waals surface area contributed by atoms with Crippen molar-refractivity contribution in [1.82, 2.24) is 10.3 Å². The van der Waals surface area contributed by atoms with E-state index < -0.39 is 6.17 Å². The molecule has 25 heavy (non-hydrogen) atoms. The number of ether oxygens (including phenoxy) is 1. The summed E-state index contributed by atoms with van der Waals surface area (Å²) in [6.07, 6.45) is 1.41. The van der Waals surface area contributed by atoms with Crippen molar-refractivity contribution in [2.24, 2.45) is 10.1 Å². The van der Waals surface area contributed by atoms with Crippen LogP contribution in [0.4, 0.5) is 0 Å². The highest BCUT2D eigenvalue weighted by molar-refractivity contribution is 8.13. The smallest absolute Gasteiger partial charge is 0.276 e. The lowest BCUT2D eigenvalue weighted by atomic mass is 10.1. The van der Waals surface area contributed by atoms with E-state index in [1.54, 1.807) is 12.1 Å². The van der Waals surface area contributed by atoms with Crippen molar-refractivity contribution in [2.75, 3.05) is 13.4 Å². The maximum absolute atomic E-state index is 12.7. The molecule has 0 radical (unpaired) electrons. The highest BCUT2D eigenvalue weighted by Crippen LogP contribution is 2.35. The van der Waals surface area contributed by atoms with Gasteiger partial charge in [-0.1, -0.05) is 48.2 Å². The van der Waals surface area contributed by atoms with Gasteiger partial charge in [-0.05, 0) is 18.4 Å². The molecule has 1 N–H and O–H groups in total. The molecule has 0 saturated heterocycles. The summed E-state index contributed by atoms with van der Waals surface area (Å²) in [5, 5.41) is 11.2. The lowest BCUT2D eigenvalue weighted by Gasteiger charge is -2.34. The number of amidine groups is 1. The Morgan fingerprint density at radius 1 is 1.16 bits per heavy atom. The van der Waals surface area contributed by atoms with Gasteiger partial charge in [0.1, 0.15) is 11.4 Å². The first-order valence-electron chi connectivity index (χ1n) is 7.76. The molecule has 2 aliphatic rings. The fourth-order valence-electron chi connectivity index (χ4n) is 3.00. The zero-order chi connectivity index (χ0) is 17.4. The molecule has 6 nitrogen and oxygen atoms in total. The van der Waals surface area contributed by atoms with Gasteiger partial charge in [0.05, 0.1) is 12.5 Å². The molecular weight excluding hydrogens is 336 g/mol. The van der Waals surface area contributed by atoms with Crippen LogP contribution in [0.1, 0.15) is 11.7 Å². The second-order valence-electron chi connectivity index (χ2n) is 5.52. The van der Waals surface area contributed by atoms with Crippen molar-refractivity contribution in [3.8, 4) is 5.75 Å². The van der Waals surface area contributed by atoms with Crippen LogP contribution in [0.25, 0.3) is 5.70 Å². The van der Waals surface area contributed by atoms with Gasteiger partial charge in [-0.15, -0.1) is 5.10 Å². The van der Waals surface area contributed by atoms with Gasteiger partial charge in [0, 0.05) is 10.8 Å². The monoisotopic (exact) mass is 352 g/mol. The first-order chi connectivity index (χ1) is 12.2. The van der Waals surface area contributed by atoms with Crippen molar-refractivity contribution >= 4 is 28.5 Å². The molecule has 1 amide bonds. The van der Waals surface area contributed by atoms with E-state index in [1.165, 1.54) is 11.8 Å². The third-order valence-electron chi connectivity index (χ3n) is 4.13. The quantitative estimate of drug-likeness (QED) is 0.882. The summed E-state index contributed by atoms with van der Waals surface area (Å²) in [5.41, 5.74) is 1.36. The van der Waals surface area contributed by atoms with Crippen LogP contribution >= 0.6 is 11.8 Å². The molecule has 0 spiro atoms. The molecule has 0 bridgehead atoms. The number of fused-ring (bicyclic) bond motifs is 2. The number of hydrogen-bond acceptors (Lipinski definition) is 6. The summed E-state index contributed by atoms with van der Waals surface area (Å²) < 4.78 is 5.50. The molecule has 0 aliphatic carbocycles. The van der Waals surface area contributed by atoms with Gasteiger partial charge in [0.25, 0.3) is 5.91 Å². The lowest BCUT2D eigenvalue weighted by molar-refractivity contribution is -0.116. The Morgan fingerprint density at radius 3 is 2.72 bits per heavy atom. The minimum atomic E-state index is -0.464. The molecule has 0 unspecified atom stereocenters. The molecule has 2 aliphatic heterocycles. The summed E-state index contributed by atoms with van der Waals surface area (Å²) in [4.78, 5) is 17.6. The van der Waals surface area contributed by atoms with Gasteiger partial charge in [0.2, 0.25) is 0 Å². The molecule has 2 heterocycles. The minimum Gasteiger partial charge on any atom is -0.496 e. The number of hydrogen-bond donors (Lipinski definition) is 1. The van der Waals surface area contributed by atoms with Gasteiger partial charge < -0.3 is 4.74 Å². The van der Waals surface area contributed by atoms with Crippen LogP contribution in [0.5, 0.6) is 5.75 Å². The van der Waals surface area contributed by atoms with Crippen molar-refractivity contribution in [3.63, 3.8) is 0 Å². The number of carbonyl (C=O) groups is 1. The standard InChI is InChI=1S/C18H16N4O2S/c1-24-14-10-6-4-8-12(14)16-19-13-9-5-3-7-11(13)15-17(23)20-18(25-2)21-22(15)16/h3-10,16H,1-2H3,(H,20,21,23)/t16-/m0/s1. The molecule has 0 fully saturated rings. The number of hydrazone groups is 1. The summed E-state index contributed by atoms with van der Waals surface area (Å²) >= 11 is 1.38. The number of amides is 1. The third kappa shape index (κ3) is 2.56. The normalized spacial score (nSPS) is 18.6. The summed E-state index contributed by atoms with van der Waals surface area (Å²) in [6, 6.07) is 15.3. The number of rotatable bonds is 2. The van der Waals surface area contributed by atoms with Gasteiger partial charge in [-0.25, -0.2) is 5.01 Å². The Hall–Kier alpha value is -2.80. The maximum atomic E-state index is 12.7. The molecule has 1 atom stereocenters. The van der Waals surface area contributed by atoms with Gasteiger partial charge in [-0.3, -0.25) is 15.1 Å². The zero-order valence-corrected chi connectivity index (χ0v) is 14.6. The molecular formula is C18H16N4O2S. The highest BCUT2D eigenvalue weighted by Gasteiger charge is 2.35. The Bertz CT molecular complexity index is 1000. The average molecular weight is 352 g/mol.